The van der Waals surface area contributed by atoms with Crippen molar-refractivity contribution < 1.29 is 0 Å². The van der Waals surface area contributed by atoms with Crippen molar-refractivity contribution in [3.05, 3.63) is 12.7 Å². The summed E-state index contributed by atoms with van der Waals surface area (Å²) in [5, 5.41) is 3.83. The van der Waals surface area contributed by atoms with Crippen LogP contribution in [-0.2, 0) is 0 Å². The topological polar surface area (TPSA) is 24.4 Å². The quantitative estimate of drug-likeness (QED) is 0.251. The van der Waals surface area contributed by atoms with Crippen LogP contribution >= 0.6 is 0 Å². The van der Waals surface area contributed by atoms with Gasteiger partial charge in [0, 0.05) is 6.21 Å². The number of hydrogen-bond acceptors (Lipinski definition) is 2. The zero-order valence-electron chi connectivity index (χ0n) is 5.22. The highest BCUT2D eigenvalue weighted by molar-refractivity contribution is 5.55. The van der Waals surface area contributed by atoms with Gasteiger partial charge in [0.15, 0.2) is 0 Å². The largest absolute Gasteiger partial charge is 0.307 e. The molecule has 0 aromatic heterocycles. The van der Waals surface area contributed by atoms with E-state index in [1.807, 2.05) is 13.1 Å². The maximum atomic E-state index is 3.83. The molecule has 0 rings (SSSR count). The Morgan fingerprint density at radius 1 is 1.75 bits per heavy atom. The lowest BCUT2D eigenvalue weighted by atomic mass is 10.6. The summed E-state index contributed by atoms with van der Waals surface area (Å²) in [6.45, 7) is 6.31. The van der Waals surface area contributed by atoms with Crippen molar-refractivity contribution in [2.45, 2.75) is 13.3 Å². The van der Waals surface area contributed by atoms with Crippen molar-refractivity contribution in [1.29, 1.82) is 0 Å². The minimum Gasteiger partial charge on any atom is -0.307 e. The monoisotopic (exact) mass is 112 g/mol. The summed E-state index contributed by atoms with van der Waals surface area (Å²) in [5.74, 6) is 0. The molecule has 0 aromatic carbocycles. The molecule has 8 heavy (non-hydrogen) atoms. The molecule has 0 amide bonds. The van der Waals surface area contributed by atoms with Crippen LogP contribution in [0, 0.1) is 0 Å². The highest BCUT2D eigenvalue weighted by Gasteiger charge is 1.66. The van der Waals surface area contributed by atoms with Gasteiger partial charge in [0.25, 0.3) is 0 Å². The van der Waals surface area contributed by atoms with E-state index in [1.54, 1.807) is 6.08 Å². The molecule has 0 aliphatic rings. The van der Waals surface area contributed by atoms with Crippen LogP contribution in [0.5, 0.6) is 0 Å². The third-order valence-electron chi connectivity index (χ3n) is 0.601. The Morgan fingerprint density at radius 2 is 2.50 bits per heavy atom. The van der Waals surface area contributed by atoms with E-state index in [2.05, 4.69) is 17.1 Å². The van der Waals surface area contributed by atoms with Crippen LogP contribution in [0.15, 0.2) is 17.8 Å². The number of hydrazone groups is 1. The van der Waals surface area contributed by atoms with E-state index < -0.39 is 0 Å². The van der Waals surface area contributed by atoms with E-state index in [4.69, 9.17) is 0 Å². The molecule has 0 saturated carbocycles. The Kier molecular flexibility index (Phi) is 5.60. The molecule has 46 valence electrons. The van der Waals surface area contributed by atoms with Crippen LogP contribution in [0.4, 0.5) is 0 Å². The number of nitrogens with one attached hydrogen (secondary N) is 1. The smallest absolute Gasteiger partial charge is 0.0507 e. The van der Waals surface area contributed by atoms with Gasteiger partial charge in [-0.2, -0.15) is 5.10 Å². The number of nitrogens with zero attached hydrogens (tertiary/aromatic N) is 1. The summed E-state index contributed by atoms with van der Waals surface area (Å²) in [7, 11) is 0. The third-order valence-corrected chi connectivity index (χ3v) is 0.601. The second kappa shape index (κ2) is 6.21. The summed E-state index contributed by atoms with van der Waals surface area (Å²) in [6.07, 6.45) is 4.57. The average Bonchev–Trinajstić information content (AvgIpc) is 1.81. The molecule has 0 aromatic rings. The average molecular weight is 112 g/mol. The molecule has 0 saturated heterocycles. The molecule has 0 bridgehead atoms. The SMILES string of the molecule is C=CCN/N=C\CC. The molecule has 1 N–H and O–H groups in total. The highest BCUT2D eigenvalue weighted by atomic mass is 15.3. The van der Waals surface area contributed by atoms with Crippen LogP contribution in [0.25, 0.3) is 0 Å². The van der Waals surface area contributed by atoms with Gasteiger partial charge < -0.3 is 5.43 Å². The first-order chi connectivity index (χ1) is 3.91. The Labute approximate surface area is 50.3 Å². The lowest BCUT2D eigenvalue weighted by Gasteiger charge is -1.88. The molecule has 0 unspecified atom stereocenters. The second-order valence-electron chi connectivity index (χ2n) is 1.37. The third kappa shape index (κ3) is 5.21. The zero-order valence-corrected chi connectivity index (χ0v) is 5.22. The minimum absolute atomic E-state index is 0.747. The molecule has 0 spiro atoms. The molecule has 2 nitrogen and oxygen atoms in total. The first kappa shape index (κ1) is 7.21. The molecule has 0 aliphatic heterocycles. The van der Waals surface area contributed by atoms with Crippen LogP contribution in [0.1, 0.15) is 13.3 Å². The fraction of sp³-hybridized carbons (Fsp3) is 0.500. The molecule has 0 radical (unpaired) electrons. The van der Waals surface area contributed by atoms with Crippen LogP contribution in [-0.4, -0.2) is 12.8 Å². The van der Waals surface area contributed by atoms with E-state index in [-0.39, 0.29) is 0 Å². The summed E-state index contributed by atoms with van der Waals surface area (Å²) in [5.41, 5.74) is 2.79. The second-order valence-corrected chi connectivity index (χ2v) is 1.37. The van der Waals surface area contributed by atoms with Crippen molar-refractivity contribution in [2.24, 2.45) is 5.10 Å². The molecule has 0 heterocycles. The van der Waals surface area contributed by atoms with Crippen molar-refractivity contribution in [3.8, 4) is 0 Å². The number of hydrogen-bond donors (Lipinski definition) is 1. The molecular weight excluding hydrogens is 100 g/mol. The first-order valence-corrected chi connectivity index (χ1v) is 2.77. The van der Waals surface area contributed by atoms with E-state index in [1.165, 1.54) is 0 Å². The van der Waals surface area contributed by atoms with Gasteiger partial charge in [-0.25, -0.2) is 0 Å². The van der Waals surface area contributed by atoms with E-state index in [0.717, 1.165) is 13.0 Å². The molecule has 0 fully saturated rings. The van der Waals surface area contributed by atoms with E-state index >= 15 is 0 Å². The van der Waals surface area contributed by atoms with Crippen molar-refractivity contribution in [3.63, 3.8) is 0 Å². The predicted octanol–water partition coefficient (Wildman–Crippen LogP) is 1.16. The molecule has 0 aliphatic carbocycles. The van der Waals surface area contributed by atoms with Gasteiger partial charge >= 0.3 is 0 Å². The highest BCUT2D eigenvalue weighted by Crippen LogP contribution is 1.65. The molecule has 2 heteroatoms. The van der Waals surface area contributed by atoms with Gasteiger partial charge in [-0.3, -0.25) is 0 Å². The van der Waals surface area contributed by atoms with Crippen molar-refractivity contribution in [1.82, 2.24) is 5.43 Å². The van der Waals surface area contributed by atoms with Crippen LogP contribution in [0.3, 0.4) is 0 Å². The van der Waals surface area contributed by atoms with Crippen LogP contribution in [0.2, 0.25) is 0 Å². The Bertz CT molecular complexity index is 76.6. The molecular formula is C6H12N2. The number of rotatable bonds is 4. The summed E-state index contributed by atoms with van der Waals surface area (Å²) < 4.78 is 0. The lowest BCUT2D eigenvalue weighted by molar-refractivity contribution is 0.828. The lowest BCUT2D eigenvalue weighted by Crippen LogP contribution is -2.03. The van der Waals surface area contributed by atoms with E-state index in [0.29, 0.717) is 0 Å². The standard InChI is InChI=1S/C6H12N2/c1-3-5-7-8-6-4-2/h3,6-7H,1,4-5H2,2H3/b8-6-. The molecule has 0 atom stereocenters. The fourth-order valence-corrected chi connectivity index (χ4v) is 0.273. The first-order valence-electron chi connectivity index (χ1n) is 2.77. The normalized spacial score (nSPS) is 9.62. The van der Waals surface area contributed by atoms with Crippen molar-refractivity contribution in [2.75, 3.05) is 6.54 Å². The van der Waals surface area contributed by atoms with Gasteiger partial charge in [0.1, 0.15) is 0 Å². The fourth-order valence-electron chi connectivity index (χ4n) is 0.273. The zero-order chi connectivity index (χ0) is 6.24. The summed E-state index contributed by atoms with van der Waals surface area (Å²) in [4.78, 5) is 0. The maximum absolute atomic E-state index is 3.83. The van der Waals surface area contributed by atoms with Gasteiger partial charge in [0.05, 0.1) is 6.54 Å². The van der Waals surface area contributed by atoms with Gasteiger partial charge in [-0.05, 0) is 6.42 Å². The van der Waals surface area contributed by atoms with Crippen LogP contribution < -0.4 is 5.43 Å². The Morgan fingerprint density at radius 3 is 3.00 bits per heavy atom. The summed E-state index contributed by atoms with van der Waals surface area (Å²) in [6, 6.07) is 0. The Balaban J connectivity index is 2.90. The van der Waals surface area contributed by atoms with Gasteiger partial charge in [-0.1, -0.05) is 13.0 Å². The van der Waals surface area contributed by atoms with Gasteiger partial charge in [-0.15, -0.1) is 6.58 Å². The van der Waals surface area contributed by atoms with E-state index in [9.17, 15) is 0 Å². The Hall–Kier alpha value is -0.790. The van der Waals surface area contributed by atoms with Crippen molar-refractivity contribution >= 4 is 6.21 Å². The predicted molar refractivity (Wildman–Crippen MR) is 37.0 cm³/mol. The van der Waals surface area contributed by atoms with Gasteiger partial charge in [0.2, 0.25) is 0 Å². The maximum Gasteiger partial charge on any atom is 0.0507 e. The summed E-state index contributed by atoms with van der Waals surface area (Å²) >= 11 is 0. The minimum atomic E-state index is 0.747.